The number of hydrogen-bond donors (Lipinski definition) is 3. The van der Waals surface area contributed by atoms with Crippen LogP contribution in [0.3, 0.4) is 0 Å². The number of nitrogens with zero attached hydrogens (tertiary/aromatic N) is 1. The van der Waals surface area contributed by atoms with Gasteiger partial charge in [0.05, 0.1) is 12.1 Å². The van der Waals surface area contributed by atoms with E-state index in [1.54, 1.807) is 20.8 Å². The van der Waals surface area contributed by atoms with Gasteiger partial charge in [0.15, 0.2) is 0 Å². The second-order valence-corrected chi connectivity index (χ2v) is 10.4. The van der Waals surface area contributed by atoms with E-state index in [0.29, 0.717) is 6.41 Å². The lowest BCUT2D eigenvalue weighted by Gasteiger charge is -2.36. The Morgan fingerprint density at radius 1 is 0.821 bits per heavy atom. The van der Waals surface area contributed by atoms with Gasteiger partial charge in [-0.05, 0) is 50.3 Å². The maximum atomic E-state index is 12.7. The number of hydrogen-bond acceptors (Lipinski definition) is 6. The van der Waals surface area contributed by atoms with E-state index in [-0.39, 0.29) is 19.4 Å². The van der Waals surface area contributed by atoms with E-state index < -0.39 is 36.0 Å². The summed E-state index contributed by atoms with van der Waals surface area (Å²) in [5.74, 6) is 0. The van der Waals surface area contributed by atoms with Gasteiger partial charge in [-0.15, -0.1) is 0 Å². The summed E-state index contributed by atoms with van der Waals surface area (Å²) in [7, 11) is 0. The third-order valence-electron chi connectivity index (χ3n) is 6.10. The summed E-state index contributed by atoms with van der Waals surface area (Å²) >= 11 is 0. The highest BCUT2D eigenvalue weighted by molar-refractivity contribution is 5.68. The third kappa shape index (κ3) is 9.83. The molecule has 0 spiro atoms. The molecule has 0 radical (unpaired) electrons. The molecule has 0 unspecified atom stereocenters. The van der Waals surface area contributed by atoms with Crippen molar-refractivity contribution in [3.05, 3.63) is 108 Å². The summed E-state index contributed by atoms with van der Waals surface area (Å²) < 4.78 is 5.41. The van der Waals surface area contributed by atoms with E-state index in [2.05, 4.69) is 5.32 Å². The molecule has 3 N–H and O–H groups in total. The van der Waals surface area contributed by atoms with Gasteiger partial charge in [0.2, 0.25) is 6.41 Å². The SMILES string of the molecule is CC(C)(C)OC(=O)N[C@@H](Cc1ccccc1)[C@@H](O)[C@@H](O)[C@H](Cc1ccccc1)N(C=O)OCc1ccccc1. The molecule has 4 atom stereocenters. The second kappa shape index (κ2) is 14.4. The highest BCUT2D eigenvalue weighted by Gasteiger charge is 2.37. The molecule has 39 heavy (non-hydrogen) atoms. The average molecular weight is 535 g/mol. The summed E-state index contributed by atoms with van der Waals surface area (Å²) in [5.41, 5.74) is 1.77. The highest BCUT2D eigenvalue weighted by atomic mass is 16.7. The Bertz CT molecular complexity index is 1140. The zero-order valence-electron chi connectivity index (χ0n) is 22.6. The second-order valence-electron chi connectivity index (χ2n) is 10.4. The Kier molecular flexibility index (Phi) is 11.0. The van der Waals surface area contributed by atoms with Crippen LogP contribution in [-0.4, -0.2) is 57.7 Å². The fraction of sp³-hybridized carbons (Fsp3) is 0.355. The van der Waals surface area contributed by atoms with Crippen LogP contribution in [0, 0.1) is 0 Å². The molecule has 0 aliphatic carbocycles. The predicted octanol–water partition coefficient (Wildman–Crippen LogP) is 4.05. The molecule has 0 aliphatic heterocycles. The number of carbonyl (C=O) groups is 2. The quantitative estimate of drug-likeness (QED) is 0.226. The topological polar surface area (TPSA) is 108 Å². The molecule has 3 rings (SSSR count). The molecule has 208 valence electrons. The predicted molar refractivity (Wildman–Crippen MR) is 148 cm³/mol. The molecular weight excluding hydrogens is 496 g/mol. The molecule has 0 aliphatic rings. The zero-order chi connectivity index (χ0) is 28.3. The molecule has 3 aromatic carbocycles. The van der Waals surface area contributed by atoms with E-state index in [0.717, 1.165) is 21.8 Å². The zero-order valence-corrected chi connectivity index (χ0v) is 22.6. The number of rotatable bonds is 13. The Morgan fingerprint density at radius 3 is 1.79 bits per heavy atom. The van der Waals surface area contributed by atoms with Crippen molar-refractivity contribution in [1.82, 2.24) is 10.4 Å². The largest absolute Gasteiger partial charge is 0.444 e. The van der Waals surface area contributed by atoms with Gasteiger partial charge < -0.3 is 20.3 Å². The number of aliphatic hydroxyl groups is 2. The average Bonchev–Trinajstić information content (AvgIpc) is 2.92. The summed E-state index contributed by atoms with van der Waals surface area (Å²) in [5, 5.41) is 26.7. The molecule has 0 fully saturated rings. The smallest absolute Gasteiger partial charge is 0.407 e. The third-order valence-corrected chi connectivity index (χ3v) is 6.10. The number of nitrogens with one attached hydrogen (secondary N) is 1. The van der Waals surface area contributed by atoms with E-state index in [4.69, 9.17) is 9.57 Å². The molecule has 8 nitrogen and oxygen atoms in total. The standard InChI is InChI=1S/C31H38N2O6/c1-31(2,3)39-30(37)32-26(19-23-13-7-4-8-14-23)28(35)29(36)27(20-24-15-9-5-10-16-24)33(22-34)38-21-25-17-11-6-12-18-25/h4-18,22,26-29,35-36H,19-21H2,1-3H3,(H,32,37)/t26-,27-,28+,29-/m0/s1. The van der Waals surface area contributed by atoms with Gasteiger partial charge in [-0.1, -0.05) is 91.0 Å². The molecule has 0 saturated heterocycles. The van der Waals surface area contributed by atoms with Crippen LogP contribution < -0.4 is 5.32 Å². The van der Waals surface area contributed by atoms with Crippen LogP contribution in [0.1, 0.15) is 37.5 Å². The normalized spacial score (nSPS) is 14.5. The van der Waals surface area contributed by atoms with Gasteiger partial charge in [-0.2, -0.15) is 0 Å². The van der Waals surface area contributed by atoms with Crippen molar-refractivity contribution in [2.45, 2.75) is 70.1 Å². The maximum absolute atomic E-state index is 12.7. The van der Waals surface area contributed by atoms with Gasteiger partial charge in [0.25, 0.3) is 0 Å². The Hall–Kier alpha value is -3.72. The van der Waals surface area contributed by atoms with Crippen LogP contribution in [-0.2, 0) is 33.8 Å². The van der Waals surface area contributed by atoms with Crippen LogP contribution in [0.5, 0.6) is 0 Å². The minimum absolute atomic E-state index is 0.0945. The van der Waals surface area contributed by atoms with Crippen LogP contribution in [0.4, 0.5) is 4.79 Å². The van der Waals surface area contributed by atoms with Gasteiger partial charge in [-0.25, -0.2) is 9.86 Å². The van der Waals surface area contributed by atoms with Crippen molar-refractivity contribution in [2.75, 3.05) is 0 Å². The van der Waals surface area contributed by atoms with E-state index >= 15 is 0 Å². The number of benzene rings is 3. The first kappa shape index (κ1) is 29.8. The fourth-order valence-corrected chi connectivity index (χ4v) is 4.19. The van der Waals surface area contributed by atoms with Crippen LogP contribution in [0.2, 0.25) is 0 Å². The fourth-order valence-electron chi connectivity index (χ4n) is 4.19. The molecule has 0 heterocycles. The molecule has 0 bridgehead atoms. The number of amides is 2. The van der Waals surface area contributed by atoms with Crippen molar-refractivity contribution in [3.63, 3.8) is 0 Å². The monoisotopic (exact) mass is 534 g/mol. The first-order chi connectivity index (χ1) is 18.7. The van der Waals surface area contributed by atoms with Crippen molar-refractivity contribution >= 4 is 12.5 Å². The highest BCUT2D eigenvalue weighted by Crippen LogP contribution is 2.20. The molecule has 2 amide bonds. The first-order valence-electron chi connectivity index (χ1n) is 13.0. The maximum Gasteiger partial charge on any atom is 0.407 e. The van der Waals surface area contributed by atoms with Crippen molar-refractivity contribution in [3.8, 4) is 0 Å². The summed E-state index contributed by atoms with van der Waals surface area (Å²) in [6.45, 7) is 5.32. The summed E-state index contributed by atoms with van der Waals surface area (Å²) in [4.78, 5) is 30.7. The molecule has 8 heteroatoms. The van der Waals surface area contributed by atoms with E-state index in [1.807, 2.05) is 91.0 Å². The van der Waals surface area contributed by atoms with Crippen molar-refractivity contribution in [2.24, 2.45) is 0 Å². The van der Waals surface area contributed by atoms with Gasteiger partial charge in [-0.3, -0.25) is 9.63 Å². The van der Waals surface area contributed by atoms with E-state index in [9.17, 15) is 19.8 Å². The number of ether oxygens (including phenoxy) is 1. The molecule has 0 aromatic heterocycles. The number of alkyl carbamates (subject to hydrolysis) is 1. The minimum atomic E-state index is -1.48. The van der Waals surface area contributed by atoms with Crippen LogP contribution in [0.15, 0.2) is 91.0 Å². The number of hydroxylamine groups is 2. The Morgan fingerprint density at radius 2 is 1.31 bits per heavy atom. The van der Waals surface area contributed by atoms with Crippen LogP contribution in [0.25, 0.3) is 0 Å². The van der Waals surface area contributed by atoms with Gasteiger partial charge in [0, 0.05) is 0 Å². The summed E-state index contributed by atoms with van der Waals surface area (Å²) in [6, 6.07) is 26.1. The Balaban J connectivity index is 1.86. The molecular formula is C31H38N2O6. The molecule has 3 aromatic rings. The van der Waals surface area contributed by atoms with Crippen molar-refractivity contribution < 1.29 is 29.4 Å². The Labute approximate surface area is 230 Å². The van der Waals surface area contributed by atoms with Gasteiger partial charge in [0.1, 0.15) is 24.4 Å². The molecule has 0 saturated carbocycles. The summed E-state index contributed by atoms with van der Waals surface area (Å²) in [6.07, 6.45) is -2.73. The lowest BCUT2D eigenvalue weighted by molar-refractivity contribution is -0.212. The van der Waals surface area contributed by atoms with Gasteiger partial charge >= 0.3 is 6.09 Å². The first-order valence-corrected chi connectivity index (χ1v) is 13.0. The van der Waals surface area contributed by atoms with Crippen molar-refractivity contribution in [1.29, 1.82) is 0 Å². The number of aliphatic hydroxyl groups excluding tert-OH is 2. The minimum Gasteiger partial charge on any atom is -0.444 e. The van der Waals surface area contributed by atoms with E-state index in [1.165, 1.54) is 0 Å². The number of carbonyl (C=O) groups excluding carboxylic acids is 2. The van der Waals surface area contributed by atoms with Crippen LogP contribution >= 0.6 is 0 Å². The lowest BCUT2D eigenvalue weighted by atomic mass is 9.91. The lowest BCUT2D eigenvalue weighted by Crippen LogP contribution is -2.57.